The highest BCUT2D eigenvalue weighted by Gasteiger charge is 2.32. The molecular weight excluding hydrogens is 396 g/mol. The van der Waals surface area contributed by atoms with Gasteiger partial charge in [-0.1, -0.05) is 24.3 Å². The van der Waals surface area contributed by atoms with Crippen LogP contribution in [0.25, 0.3) is 0 Å². The zero-order valence-electron chi connectivity index (χ0n) is 18.2. The number of nitrogens with two attached hydrogens (primary N) is 1. The summed E-state index contributed by atoms with van der Waals surface area (Å²) in [5, 5.41) is 0. The molecule has 1 aromatic heterocycles. The maximum Gasteiger partial charge on any atom is 0.320 e. The molecule has 166 valence electrons. The Morgan fingerprint density at radius 1 is 1.00 bits per heavy atom. The van der Waals surface area contributed by atoms with E-state index in [0.29, 0.717) is 31.1 Å². The van der Waals surface area contributed by atoms with Crippen molar-refractivity contribution < 1.29 is 14.3 Å². The van der Waals surface area contributed by atoms with E-state index >= 15 is 0 Å². The minimum absolute atomic E-state index is 0.0356. The van der Waals surface area contributed by atoms with Crippen LogP contribution in [-0.4, -0.2) is 79.2 Å². The lowest BCUT2D eigenvalue weighted by atomic mass is 10.1. The van der Waals surface area contributed by atoms with E-state index in [2.05, 4.69) is 51.1 Å². The Labute approximate surface area is 182 Å². The van der Waals surface area contributed by atoms with Crippen molar-refractivity contribution in [2.24, 2.45) is 0 Å². The van der Waals surface area contributed by atoms with Gasteiger partial charge in [-0.3, -0.25) is 14.6 Å². The van der Waals surface area contributed by atoms with Crippen molar-refractivity contribution >= 4 is 17.5 Å². The van der Waals surface area contributed by atoms with E-state index in [1.165, 1.54) is 5.56 Å². The Balaban J connectivity index is 1.43. The number of anilines is 2. The number of amides is 1. The van der Waals surface area contributed by atoms with Crippen molar-refractivity contribution in [1.82, 2.24) is 19.8 Å². The molecule has 0 atom stereocenters. The molecule has 1 fully saturated rings. The van der Waals surface area contributed by atoms with Gasteiger partial charge in [-0.25, -0.2) is 0 Å². The van der Waals surface area contributed by atoms with Crippen LogP contribution in [0.1, 0.15) is 16.7 Å². The molecule has 2 aliphatic rings. The summed E-state index contributed by atoms with van der Waals surface area (Å²) in [6, 6.07) is 8.61. The number of benzene rings is 1. The topological polar surface area (TPSA) is 97.0 Å². The molecule has 0 saturated carbocycles. The summed E-state index contributed by atoms with van der Waals surface area (Å²) in [5.74, 6) is 0.786. The number of fused-ring (bicyclic) bond motifs is 1. The number of carbonyl (C=O) groups is 1. The van der Waals surface area contributed by atoms with Crippen LogP contribution in [0.15, 0.2) is 24.3 Å². The highest BCUT2D eigenvalue weighted by molar-refractivity contribution is 6.01. The summed E-state index contributed by atoms with van der Waals surface area (Å²) in [6.07, 6.45) is 0.209. The lowest BCUT2D eigenvalue weighted by molar-refractivity contribution is -0.117. The largest absolute Gasteiger partial charge is 0.461 e. The molecule has 0 unspecified atom stereocenters. The Bertz CT molecular complexity index is 912. The zero-order chi connectivity index (χ0) is 21.8. The Kier molecular flexibility index (Phi) is 6.64. The third-order valence-electron chi connectivity index (χ3n) is 5.77. The summed E-state index contributed by atoms with van der Waals surface area (Å²) in [7, 11) is 3.76. The highest BCUT2D eigenvalue weighted by Crippen LogP contribution is 2.33. The molecule has 0 bridgehead atoms. The van der Waals surface area contributed by atoms with Crippen molar-refractivity contribution in [1.29, 1.82) is 0 Å². The number of nitrogen functional groups attached to an aromatic ring is 1. The van der Waals surface area contributed by atoms with Gasteiger partial charge in [0.05, 0.1) is 19.6 Å². The number of nitrogens with zero attached hydrogens (tertiary/aromatic N) is 5. The van der Waals surface area contributed by atoms with Crippen LogP contribution in [0.3, 0.4) is 0 Å². The molecule has 1 aromatic carbocycles. The van der Waals surface area contributed by atoms with Crippen molar-refractivity contribution in [2.75, 3.05) is 64.2 Å². The molecule has 9 heteroatoms. The standard InChI is InChI=1S/C22H30N6O3/c1-26-7-9-27(10-8-26)14-16-3-5-17(6-4-16)15-28-19(29)13-18-20(23)24-22(25-21(18)28)31-12-11-30-2/h3-6H,7-15H2,1-2H3,(H2,23,24,25). The summed E-state index contributed by atoms with van der Waals surface area (Å²) >= 11 is 0. The summed E-state index contributed by atoms with van der Waals surface area (Å²) in [6.45, 7) is 6.52. The van der Waals surface area contributed by atoms with Gasteiger partial charge >= 0.3 is 6.01 Å². The first-order valence-electron chi connectivity index (χ1n) is 10.6. The average molecular weight is 427 g/mol. The molecule has 2 aromatic rings. The van der Waals surface area contributed by atoms with Crippen LogP contribution >= 0.6 is 0 Å². The number of hydrogen-bond donors (Lipinski definition) is 1. The molecular formula is C22H30N6O3. The maximum absolute atomic E-state index is 12.6. The van der Waals surface area contributed by atoms with Crippen LogP contribution in [0, 0.1) is 0 Å². The fourth-order valence-corrected chi connectivity index (χ4v) is 3.87. The maximum atomic E-state index is 12.6. The lowest BCUT2D eigenvalue weighted by Crippen LogP contribution is -2.43. The Hall–Kier alpha value is -2.75. The van der Waals surface area contributed by atoms with Gasteiger partial charge < -0.3 is 20.1 Å². The van der Waals surface area contributed by atoms with E-state index in [-0.39, 0.29) is 24.2 Å². The zero-order valence-corrected chi connectivity index (χ0v) is 18.2. The van der Waals surface area contributed by atoms with Crippen LogP contribution in [-0.2, 0) is 29.0 Å². The second kappa shape index (κ2) is 9.59. The summed E-state index contributed by atoms with van der Waals surface area (Å²) < 4.78 is 10.5. The van der Waals surface area contributed by atoms with Gasteiger partial charge in [0.2, 0.25) is 5.91 Å². The van der Waals surface area contributed by atoms with Crippen molar-refractivity contribution in [2.45, 2.75) is 19.5 Å². The van der Waals surface area contributed by atoms with Gasteiger partial charge in [0.1, 0.15) is 18.2 Å². The molecule has 0 aliphatic carbocycles. The van der Waals surface area contributed by atoms with Gasteiger partial charge in [0.25, 0.3) is 0 Å². The molecule has 0 spiro atoms. The van der Waals surface area contributed by atoms with Gasteiger partial charge in [-0.05, 0) is 18.2 Å². The van der Waals surface area contributed by atoms with Crippen LogP contribution in [0.4, 0.5) is 11.6 Å². The fourth-order valence-electron chi connectivity index (χ4n) is 3.87. The van der Waals surface area contributed by atoms with Crippen LogP contribution in [0.2, 0.25) is 0 Å². The van der Waals surface area contributed by atoms with E-state index < -0.39 is 0 Å². The predicted octanol–water partition coefficient (Wildman–Crippen LogP) is 0.921. The molecule has 4 rings (SSSR count). The third-order valence-corrected chi connectivity index (χ3v) is 5.77. The lowest BCUT2D eigenvalue weighted by Gasteiger charge is -2.32. The molecule has 31 heavy (non-hydrogen) atoms. The minimum Gasteiger partial charge on any atom is -0.461 e. The number of aromatic nitrogens is 2. The third kappa shape index (κ3) is 5.12. The quantitative estimate of drug-likeness (QED) is 0.623. The second-order valence-corrected chi connectivity index (χ2v) is 8.09. The van der Waals surface area contributed by atoms with Crippen molar-refractivity contribution in [3.63, 3.8) is 0 Å². The second-order valence-electron chi connectivity index (χ2n) is 8.09. The Morgan fingerprint density at radius 2 is 1.68 bits per heavy atom. The predicted molar refractivity (Wildman–Crippen MR) is 118 cm³/mol. The molecule has 1 amide bonds. The number of ether oxygens (including phenoxy) is 2. The normalized spacial score (nSPS) is 17.2. The monoisotopic (exact) mass is 426 g/mol. The molecule has 1 saturated heterocycles. The first-order chi connectivity index (χ1) is 15.0. The van der Waals surface area contributed by atoms with E-state index in [1.54, 1.807) is 12.0 Å². The molecule has 2 aliphatic heterocycles. The van der Waals surface area contributed by atoms with Gasteiger partial charge in [0, 0.05) is 45.4 Å². The van der Waals surface area contributed by atoms with Crippen molar-refractivity contribution in [3.8, 4) is 6.01 Å². The Morgan fingerprint density at radius 3 is 2.35 bits per heavy atom. The first kappa shape index (κ1) is 21.5. The molecule has 3 heterocycles. The van der Waals surface area contributed by atoms with Crippen molar-refractivity contribution in [3.05, 3.63) is 41.0 Å². The summed E-state index contributed by atoms with van der Waals surface area (Å²) in [5.41, 5.74) is 9.05. The van der Waals surface area contributed by atoms with Crippen LogP contribution < -0.4 is 15.4 Å². The molecule has 0 radical (unpaired) electrons. The van der Waals surface area contributed by atoms with Crippen LogP contribution in [0.5, 0.6) is 6.01 Å². The van der Waals surface area contributed by atoms with Gasteiger partial charge in [0.15, 0.2) is 0 Å². The minimum atomic E-state index is -0.0356. The fraction of sp³-hybridized carbons (Fsp3) is 0.500. The van der Waals surface area contributed by atoms with Gasteiger partial charge in [-0.15, -0.1) is 0 Å². The van der Waals surface area contributed by atoms with E-state index in [0.717, 1.165) is 38.3 Å². The smallest absolute Gasteiger partial charge is 0.320 e. The van der Waals surface area contributed by atoms with E-state index in [1.807, 2.05) is 0 Å². The number of hydrogen-bond acceptors (Lipinski definition) is 8. The summed E-state index contributed by atoms with van der Waals surface area (Å²) in [4.78, 5) is 27.7. The molecule has 2 N–H and O–H groups in total. The first-order valence-corrected chi connectivity index (χ1v) is 10.6. The number of piperazine rings is 1. The number of rotatable bonds is 8. The van der Waals surface area contributed by atoms with E-state index in [4.69, 9.17) is 15.2 Å². The highest BCUT2D eigenvalue weighted by atomic mass is 16.5. The molecule has 9 nitrogen and oxygen atoms in total. The van der Waals surface area contributed by atoms with E-state index in [9.17, 15) is 4.79 Å². The number of likely N-dealkylation sites (N-methyl/N-ethyl adjacent to an activating group) is 1. The SMILES string of the molecule is COCCOc1nc(N)c2c(n1)N(Cc1ccc(CN3CCN(C)CC3)cc1)C(=O)C2. The number of methoxy groups -OCH3 is 1. The van der Waals surface area contributed by atoms with Gasteiger partial charge in [-0.2, -0.15) is 9.97 Å². The number of carbonyl (C=O) groups excluding carboxylic acids is 1. The average Bonchev–Trinajstić information content (AvgIpc) is 3.07.